The van der Waals surface area contributed by atoms with Gasteiger partial charge < -0.3 is 25.0 Å². The summed E-state index contributed by atoms with van der Waals surface area (Å²) in [5.74, 6) is 0.498. The molecule has 0 spiro atoms. The molecule has 1 aliphatic rings. The number of carbonyl (C=O) groups excluding carboxylic acids is 1. The van der Waals surface area contributed by atoms with Crippen LogP contribution in [0.5, 0.6) is 0 Å². The third kappa shape index (κ3) is 9.09. The highest BCUT2D eigenvalue weighted by Crippen LogP contribution is 2.39. The number of anilines is 4. The highest BCUT2D eigenvalue weighted by Gasteiger charge is 2.25. The Morgan fingerprint density at radius 2 is 1.52 bits per heavy atom. The summed E-state index contributed by atoms with van der Waals surface area (Å²) >= 11 is 7.81. The first-order valence-corrected chi connectivity index (χ1v) is 21.5. The van der Waals surface area contributed by atoms with Crippen LogP contribution in [0.15, 0.2) is 137 Å². The zero-order valence-corrected chi connectivity index (χ0v) is 34.3. The van der Waals surface area contributed by atoms with Crippen molar-refractivity contribution >= 4 is 67.7 Å². The highest BCUT2D eigenvalue weighted by atomic mass is 35.5. The van der Waals surface area contributed by atoms with Crippen molar-refractivity contribution in [2.45, 2.75) is 9.79 Å². The molecule has 5 aromatic carbocycles. The number of piperazine rings is 1. The molecule has 1 saturated heterocycles. The standard InChI is InChI=1S/C43H42ClN7O5S2/c1-45-43(52)42-41(38(29-48(42)2)30-11-13-32(44)14-12-30)31-7-6-8-35(27-31)50-24-22-49(23-25-50)34-17-15-33(16-18-34)47-58(55,56)37-19-20-39(40(28-37)51(53)54)46-21-26-57-36-9-4-3-5-10-36/h3-20,27-29,46-47H,21-26H2,1-2H3,(H,45,52). The molecule has 0 bridgehead atoms. The number of hydrogen-bond acceptors (Lipinski definition) is 9. The van der Waals surface area contributed by atoms with Crippen LogP contribution in [0, 0.1) is 10.1 Å². The molecule has 15 heteroatoms. The molecule has 12 nitrogen and oxygen atoms in total. The smallest absolute Gasteiger partial charge is 0.293 e. The summed E-state index contributed by atoms with van der Waals surface area (Å²) in [6.45, 7) is 3.41. The average molecular weight is 836 g/mol. The number of aromatic nitrogens is 1. The number of nitrogens with zero attached hydrogens (tertiary/aromatic N) is 4. The number of sulfonamides is 1. The van der Waals surface area contributed by atoms with Crippen molar-refractivity contribution in [2.75, 3.05) is 65.4 Å². The summed E-state index contributed by atoms with van der Waals surface area (Å²) in [4.78, 5) is 29.9. The molecule has 1 amide bonds. The van der Waals surface area contributed by atoms with Crippen molar-refractivity contribution in [2.24, 2.45) is 7.05 Å². The van der Waals surface area contributed by atoms with Gasteiger partial charge in [-0.2, -0.15) is 0 Å². The van der Waals surface area contributed by atoms with E-state index in [0.717, 1.165) is 70.8 Å². The molecule has 0 atom stereocenters. The monoisotopic (exact) mass is 835 g/mol. The van der Waals surface area contributed by atoms with E-state index in [4.69, 9.17) is 11.6 Å². The molecule has 0 unspecified atom stereocenters. The largest absolute Gasteiger partial charge is 0.379 e. The molecule has 0 aliphatic carbocycles. The number of amides is 1. The minimum absolute atomic E-state index is 0.175. The highest BCUT2D eigenvalue weighted by molar-refractivity contribution is 7.99. The molecule has 6 aromatic rings. The van der Waals surface area contributed by atoms with E-state index in [0.29, 0.717) is 28.7 Å². The fourth-order valence-electron chi connectivity index (χ4n) is 7.05. The predicted molar refractivity (Wildman–Crippen MR) is 235 cm³/mol. The number of benzene rings is 5. The summed E-state index contributed by atoms with van der Waals surface area (Å²) in [6, 6.07) is 36.7. The van der Waals surface area contributed by atoms with Crippen LogP contribution in [0.4, 0.5) is 28.4 Å². The molecule has 3 N–H and O–H groups in total. The van der Waals surface area contributed by atoms with Gasteiger partial charge in [-0.05, 0) is 83.9 Å². The van der Waals surface area contributed by atoms with E-state index in [1.54, 1.807) is 30.9 Å². The van der Waals surface area contributed by atoms with Crippen molar-refractivity contribution in [3.63, 3.8) is 0 Å². The number of halogens is 1. The number of nitro groups is 1. The van der Waals surface area contributed by atoms with Gasteiger partial charge in [-0.3, -0.25) is 19.6 Å². The topological polar surface area (TPSA) is 142 Å². The Kier molecular flexibility index (Phi) is 12.3. The van der Waals surface area contributed by atoms with Crippen LogP contribution < -0.4 is 25.2 Å². The molecule has 1 aliphatic heterocycles. The molecule has 2 heterocycles. The second-order valence-corrected chi connectivity index (χ2v) is 17.0. The molecule has 0 radical (unpaired) electrons. The maximum atomic E-state index is 13.3. The summed E-state index contributed by atoms with van der Waals surface area (Å²) in [5.41, 5.74) is 6.50. The third-order valence-corrected chi connectivity index (χ3v) is 12.6. The Morgan fingerprint density at radius 3 is 2.19 bits per heavy atom. The van der Waals surface area contributed by atoms with Crippen LogP contribution in [0.3, 0.4) is 0 Å². The van der Waals surface area contributed by atoms with E-state index >= 15 is 0 Å². The Morgan fingerprint density at radius 1 is 0.828 bits per heavy atom. The first-order valence-electron chi connectivity index (χ1n) is 18.6. The van der Waals surface area contributed by atoms with E-state index in [2.05, 4.69) is 37.3 Å². The van der Waals surface area contributed by atoms with Gasteiger partial charge >= 0.3 is 0 Å². The number of hydrogen-bond donors (Lipinski definition) is 3. The van der Waals surface area contributed by atoms with Crippen molar-refractivity contribution in [1.29, 1.82) is 0 Å². The quantitative estimate of drug-likeness (QED) is 0.0426. The number of rotatable bonds is 14. The number of thioether (sulfide) groups is 1. The van der Waals surface area contributed by atoms with Crippen LogP contribution in [0.2, 0.25) is 5.02 Å². The average Bonchev–Trinajstić information content (AvgIpc) is 3.59. The number of carbonyl (C=O) groups is 1. The number of nitrogens with one attached hydrogen (secondary N) is 3. The molecule has 0 saturated carbocycles. The van der Waals surface area contributed by atoms with E-state index in [9.17, 15) is 23.3 Å². The van der Waals surface area contributed by atoms with Gasteiger partial charge in [0, 0.05) is 103 Å². The Labute approximate surface area is 347 Å². The van der Waals surface area contributed by atoms with Crippen molar-refractivity contribution in [3.8, 4) is 22.3 Å². The van der Waals surface area contributed by atoms with Gasteiger partial charge in [0.2, 0.25) is 0 Å². The first-order chi connectivity index (χ1) is 28.0. The van der Waals surface area contributed by atoms with Gasteiger partial charge in [-0.25, -0.2) is 8.42 Å². The van der Waals surface area contributed by atoms with Gasteiger partial charge in [0.1, 0.15) is 11.4 Å². The van der Waals surface area contributed by atoms with Crippen molar-refractivity contribution in [3.05, 3.63) is 148 Å². The lowest BCUT2D eigenvalue weighted by atomic mass is 9.96. The van der Waals surface area contributed by atoms with E-state index in [1.165, 1.54) is 12.1 Å². The third-order valence-electron chi connectivity index (χ3n) is 9.95. The number of nitro benzene ring substituents is 1. The second kappa shape index (κ2) is 17.7. The minimum Gasteiger partial charge on any atom is -0.379 e. The van der Waals surface area contributed by atoms with E-state index in [-0.39, 0.29) is 22.2 Å². The minimum atomic E-state index is -4.11. The first kappa shape index (κ1) is 40.2. The molecule has 58 heavy (non-hydrogen) atoms. The van der Waals surface area contributed by atoms with Gasteiger partial charge in [0.15, 0.2) is 0 Å². The van der Waals surface area contributed by atoms with Gasteiger partial charge in [-0.15, -0.1) is 11.8 Å². The van der Waals surface area contributed by atoms with E-state index in [1.807, 2.05) is 96.7 Å². The van der Waals surface area contributed by atoms with Crippen LogP contribution in [0.25, 0.3) is 22.3 Å². The number of aryl methyl sites for hydroxylation is 1. The Bertz CT molecular complexity index is 2530. The van der Waals surface area contributed by atoms with Crippen LogP contribution >= 0.6 is 23.4 Å². The zero-order valence-electron chi connectivity index (χ0n) is 31.9. The lowest BCUT2D eigenvalue weighted by Gasteiger charge is -2.37. The summed E-state index contributed by atoms with van der Waals surface area (Å²) in [7, 11) is -0.607. The van der Waals surface area contributed by atoms with Gasteiger partial charge in [0.05, 0.1) is 9.82 Å². The lowest BCUT2D eigenvalue weighted by Crippen LogP contribution is -2.46. The molecule has 1 aromatic heterocycles. The van der Waals surface area contributed by atoms with Crippen molar-refractivity contribution in [1.82, 2.24) is 9.88 Å². The lowest BCUT2D eigenvalue weighted by molar-refractivity contribution is -0.384. The Balaban J connectivity index is 0.992. The molecular formula is C43H42ClN7O5S2. The second-order valence-electron chi connectivity index (χ2n) is 13.7. The normalized spacial score (nSPS) is 12.9. The summed E-state index contributed by atoms with van der Waals surface area (Å²) in [6.07, 6.45) is 1.97. The molecular weight excluding hydrogens is 794 g/mol. The summed E-state index contributed by atoms with van der Waals surface area (Å²) in [5, 5.41) is 18.4. The van der Waals surface area contributed by atoms with Crippen LogP contribution in [-0.2, 0) is 17.1 Å². The van der Waals surface area contributed by atoms with Gasteiger partial charge in [0.25, 0.3) is 21.6 Å². The van der Waals surface area contributed by atoms with Crippen LogP contribution in [0.1, 0.15) is 10.5 Å². The molecule has 1 fully saturated rings. The maximum Gasteiger partial charge on any atom is 0.293 e. The molecule has 7 rings (SSSR count). The van der Waals surface area contributed by atoms with Crippen LogP contribution in [-0.4, -0.2) is 69.3 Å². The molecule has 298 valence electrons. The predicted octanol–water partition coefficient (Wildman–Crippen LogP) is 8.61. The SMILES string of the molecule is CNC(=O)c1c(-c2cccc(N3CCN(c4ccc(NS(=O)(=O)c5ccc(NCCSc6ccccc6)c([N+](=O)[O-])c5)cc4)CC3)c2)c(-c2ccc(Cl)cc2)cn1C. The fraction of sp³-hybridized carbons (Fsp3) is 0.186. The van der Waals surface area contributed by atoms with E-state index < -0.39 is 14.9 Å². The Hall–Kier alpha value is -5.96. The zero-order chi connectivity index (χ0) is 40.8. The summed E-state index contributed by atoms with van der Waals surface area (Å²) < 4.78 is 31.1. The van der Waals surface area contributed by atoms with Gasteiger partial charge in [-0.1, -0.05) is 54.1 Å². The van der Waals surface area contributed by atoms with Crippen molar-refractivity contribution < 1.29 is 18.1 Å². The fourth-order valence-corrected chi connectivity index (χ4v) is 9.04. The maximum absolute atomic E-state index is 13.3.